The second kappa shape index (κ2) is 7.47. The van der Waals surface area contributed by atoms with Crippen LogP contribution in [0.5, 0.6) is 0 Å². The molecule has 2 bridgehead atoms. The van der Waals surface area contributed by atoms with Crippen molar-refractivity contribution in [1.82, 2.24) is 4.90 Å². The average molecular weight is 386 g/mol. The lowest BCUT2D eigenvalue weighted by molar-refractivity contribution is -0.269. The minimum absolute atomic E-state index is 0.486. The zero-order chi connectivity index (χ0) is 20.5. The molecule has 2 rings (SSSR count). The van der Waals surface area contributed by atoms with Crippen LogP contribution in [0.3, 0.4) is 0 Å². The number of hydrogen-bond acceptors (Lipinski definition) is 10. The summed E-state index contributed by atoms with van der Waals surface area (Å²) in [5.74, 6) is 2.56. The second-order valence-corrected chi connectivity index (χ2v) is 6.35. The topological polar surface area (TPSA) is 159 Å². The fourth-order valence-electron chi connectivity index (χ4n) is 3.59. The molecule has 2 saturated heterocycles. The normalized spacial score (nSPS) is 35.0. The molecule has 150 valence electrons. The third-order valence-electron chi connectivity index (χ3n) is 4.31. The van der Waals surface area contributed by atoms with Crippen molar-refractivity contribution >= 4 is 23.8 Å². The highest BCUT2D eigenvalue weighted by Crippen LogP contribution is 2.46. The maximum Gasteiger partial charge on any atom is 0.303 e. The van der Waals surface area contributed by atoms with Gasteiger partial charge in [-0.2, -0.15) is 0 Å². The number of rotatable bonds is 4. The summed E-state index contributed by atoms with van der Waals surface area (Å²) in [4.78, 5) is 48.4. The van der Waals surface area contributed by atoms with Gasteiger partial charge in [-0.05, 0) is 6.92 Å². The Balaban J connectivity index is 2.64. The Hall–Kier alpha value is -2.76. The van der Waals surface area contributed by atoms with Crippen molar-refractivity contribution in [2.45, 2.75) is 70.9 Å². The molecule has 2 aliphatic heterocycles. The van der Waals surface area contributed by atoms with E-state index in [9.17, 15) is 19.2 Å². The van der Waals surface area contributed by atoms with E-state index in [1.165, 1.54) is 18.7 Å². The van der Waals surface area contributed by atoms with Crippen LogP contribution in [0, 0.1) is 0 Å². The molecule has 12 heteroatoms. The zero-order valence-corrected chi connectivity index (χ0v) is 15.6. The van der Waals surface area contributed by atoms with Crippen LogP contribution in [-0.4, -0.2) is 65.0 Å². The number of carbonyl (C=O) groups excluding carboxylic acids is 4. The minimum atomic E-state index is -1.56. The Bertz CT molecular complexity index is 683. The van der Waals surface area contributed by atoms with E-state index in [1.807, 2.05) is 0 Å². The first-order valence-corrected chi connectivity index (χ1v) is 8.12. The summed E-state index contributed by atoms with van der Waals surface area (Å²) in [6, 6.07) is 0. The molecule has 0 aromatic rings. The molecular weight excluding hydrogens is 364 g/mol. The molecule has 6 atom stereocenters. The SMILES string of the molecule is CC(=O)O[C@@H]1[C@H]2O[C@@](C)([C@@H](OC(C)=O)[C@H]1OC(C)=O)N(C(C)=O)[C@H]2/N=N/N. The number of ether oxygens (including phenoxy) is 4. The number of likely N-dealkylation sites (tertiary alicyclic amines) is 1. The summed E-state index contributed by atoms with van der Waals surface area (Å²) in [5.41, 5.74) is -1.56. The first-order chi connectivity index (χ1) is 12.5. The molecular formula is C15H22N4O8. The van der Waals surface area contributed by atoms with E-state index in [2.05, 4.69) is 10.3 Å². The molecule has 2 heterocycles. The van der Waals surface area contributed by atoms with E-state index < -0.39 is 60.1 Å². The first kappa shape index (κ1) is 20.6. The Morgan fingerprint density at radius 3 is 1.93 bits per heavy atom. The monoisotopic (exact) mass is 386 g/mol. The van der Waals surface area contributed by atoms with Crippen molar-refractivity contribution in [1.29, 1.82) is 0 Å². The van der Waals surface area contributed by atoms with Gasteiger partial charge in [-0.1, -0.05) is 5.22 Å². The van der Waals surface area contributed by atoms with Gasteiger partial charge in [-0.15, -0.1) is 5.11 Å². The smallest absolute Gasteiger partial charge is 0.303 e. The van der Waals surface area contributed by atoms with Gasteiger partial charge >= 0.3 is 17.9 Å². The number of nitrogens with zero attached hydrogens (tertiary/aromatic N) is 3. The Labute approximate surface area is 154 Å². The van der Waals surface area contributed by atoms with Crippen LogP contribution in [-0.2, 0) is 38.1 Å². The number of carbonyl (C=O) groups is 4. The van der Waals surface area contributed by atoms with Crippen molar-refractivity contribution < 1.29 is 38.1 Å². The predicted octanol–water partition coefficient (Wildman–Crippen LogP) is -0.589. The lowest BCUT2D eigenvalue weighted by Crippen LogP contribution is -2.65. The van der Waals surface area contributed by atoms with E-state index in [4.69, 9.17) is 24.8 Å². The highest BCUT2D eigenvalue weighted by atomic mass is 16.7. The van der Waals surface area contributed by atoms with Crippen LogP contribution in [0.4, 0.5) is 0 Å². The standard InChI is InChI=1S/C15H22N4O8/c1-6(20)19-14(17-18-16)12-10(24-7(2)21)11(25-8(3)22)13(26-9(4)23)15(19,5)27-12/h10-14H,1-5H3,(H2,16,17)/t10-,11-,12+,13-,14+,15-/m0/s1. The molecule has 0 aromatic heterocycles. The van der Waals surface area contributed by atoms with Crippen LogP contribution < -0.4 is 5.84 Å². The summed E-state index contributed by atoms with van der Waals surface area (Å²) in [6.07, 6.45) is -5.88. The first-order valence-electron chi connectivity index (χ1n) is 8.12. The van der Waals surface area contributed by atoms with Crippen LogP contribution in [0.2, 0.25) is 0 Å². The Morgan fingerprint density at radius 2 is 1.48 bits per heavy atom. The van der Waals surface area contributed by atoms with Crippen molar-refractivity contribution in [2.24, 2.45) is 16.2 Å². The molecule has 0 spiro atoms. The molecule has 12 nitrogen and oxygen atoms in total. The van der Waals surface area contributed by atoms with E-state index >= 15 is 0 Å². The van der Waals surface area contributed by atoms with Crippen LogP contribution >= 0.6 is 0 Å². The lowest BCUT2D eigenvalue weighted by Gasteiger charge is -2.45. The molecule has 2 aliphatic rings. The quantitative estimate of drug-likeness (QED) is 0.219. The van der Waals surface area contributed by atoms with Crippen LogP contribution in [0.25, 0.3) is 0 Å². The van der Waals surface area contributed by atoms with Gasteiger partial charge < -0.3 is 24.8 Å². The second-order valence-electron chi connectivity index (χ2n) is 6.35. The number of hydrogen-bond donors (Lipinski definition) is 1. The predicted molar refractivity (Wildman–Crippen MR) is 85.3 cm³/mol. The maximum atomic E-state index is 12.3. The largest absolute Gasteiger partial charge is 0.455 e. The Kier molecular flexibility index (Phi) is 5.68. The molecule has 1 amide bonds. The number of nitrogens with two attached hydrogens (primary N) is 1. The molecule has 2 fully saturated rings. The number of fused-ring (bicyclic) bond motifs is 2. The van der Waals surface area contributed by atoms with Crippen LogP contribution in [0.15, 0.2) is 10.3 Å². The van der Waals surface area contributed by atoms with E-state index in [1.54, 1.807) is 0 Å². The fourth-order valence-corrected chi connectivity index (χ4v) is 3.59. The van der Waals surface area contributed by atoms with Gasteiger partial charge in [-0.3, -0.25) is 24.1 Å². The van der Waals surface area contributed by atoms with Gasteiger partial charge in [0, 0.05) is 27.7 Å². The Morgan fingerprint density at radius 1 is 0.963 bits per heavy atom. The summed E-state index contributed by atoms with van der Waals surface area (Å²) >= 11 is 0. The highest BCUT2D eigenvalue weighted by Gasteiger charge is 2.69. The third-order valence-corrected chi connectivity index (χ3v) is 4.31. The zero-order valence-electron chi connectivity index (χ0n) is 15.6. The third kappa shape index (κ3) is 3.70. The van der Waals surface area contributed by atoms with Gasteiger partial charge in [0.05, 0.1) is 0 Å². The van der Waals surface area contributed by atoms with Gasteiger partial charge in [0.2, 0.25) is 5.91 Å². The van der Waals surface area contributed by atoms with Crippen LogP contribution in [0.1, 0.15) is 34.6 Å². The van der Waals surface area contributed by atoms with Crippen molar-refractivity contribution in [3.63, 3.8) is 0 Å². The van der Waals surface area contributed by atoms with Gasteiger partial charge in [0.1, 0.15) is 6.10 Å². The molecule has 0 unspecified atom stereocenters. The average Bonchev–Trinajstić information content (AvgIpc) is 2.78. The summed E-state index contributed by atoms with van der Waals surface area (Å²) in [7, 11) is 0. The van der Waals surface area contributed by atoms with Crippen molar-refractivity contribution in [2.75, 3.05) is 0 Å². The molecule has 2 N–H and O–H groups in total. The van der Waals surface area contributed by atoms with E-state index in [0.717, 1.165) is 20.8 Å². The summed E-state index contributed by atoms with van der Waals surface area (Å²) < 4.78 is 21.8. The molecule has 0 saturated carbocycles. The maximum absolute atomic E-state index is 12.3. The van der Waals surface area contributed by atoms with Gasteiger partial charge in [-0.25, -0.2) is 0 Å². The highest BCUT2D eigenvalue weighted by molar-refractivity contribution is 5.75. The van der Waals surface area contributed by atoms with E-state index in [-0.39, 0.29) is 0 Å². The number of amides is 1. The van der Waals surface area contributed by atoms with Crippen molar-refractivity contribution in [3.8, 4) is 0 Å². The molecule has 0 radical (unpaired) electrons. The molecule has 0 aromatic carbocycles. The van der Waals surface area contributed by atoms with Crippen molar-refractivity contribution in [3.05, 3.63) is 0 Å². The number of esters is 3. The molecule has 27 heavy (non-hydrogen) atoms. The fraction of sp³-hybridized carbons (Fsp3) is 0.733. The lowest BCUT2D eigenvalue weighted by atomic mass is 9.93. The van der Waals surface area contributed by atoms with Gasteiger partial charge in [0.15, 0.2) is 30.2 Å². The van der Waals surface area contributed by atoms with E-state index in [0.29, 0.717) is 0 Å². The molecule has 0 aliphatic carbocycles. The minimum Gasteiger partial charge on any atom is -0.455 e. The summed E-state index contributed by atoms with van der Waals surface area (Å²) in [6.45, 7) is 6.17. The van der Waals surface area contributed by atoms with Gasteiger partial charge in [0.25, 0.3) is 0 Å². The summed E-state index contributed by atoms with van der Waals surface area (Å²) in [5, 5.41) is 7.03.